The Kier molecular flexibility index (Phi) is 4.45. The SMILES string of the molecule is CC(C)N(CC(N)=O)c1ccc(CN)cc1F. The second-order valence-electron chi connectivity index (χ2n) is 4.18. The minimum absolute atomic E-state index is 0.00341. The zero-order chi connectivity index (χ0) is 13.0. The average molecular weight is 239 g/mol. The fourth-order valence-corrected chi connectivity index (χ4v) is 1.62. The molecule has 4 nitrogen and oxygen atoms in total. The molecule has 0 heterocycles. The van der Waals surface area contributed by atoms with Crippen LogP contribution in [0, 0.1) is 5.82 Å². The molecule has 4 N–H and O–H groups in total. The first-order chi connectivity index (χ1) is 7.95. The van der Waals surface area contributed by atoms with Crippen LogP contribution in [0.3, 0.4) is 0 Å². The molecule has 0 radical (unpaired) electrons. The van der Waals surface area contributed by atoms with Gasteiger partial charge in [0, 0.05) is 12.6 Å². The minimum atomic E-state index is -0.485. The van der Waals surface area contributed by atoms with Gasteiger partial charge >= 0.3 is 0 Å². The molecule has 1 amide bonds. The molecule has 1 aromatic carbocycles. The number of benzene rings is 1. The number of primary amides is 1. The summed E-state index contributed by atoms with van der Waals surface area (Å²) in [6.07, 6.45) is 0. The van der Waals surface area contributed by atoms with Crippen molar-refractivity contribution in [3.8, 4) is 0 Å². The standard InChI is InChI=1S/C12H18FN3O/c1-8(2)16(7-12(15)17)11-4-3-9(6-14)5-10(11)13/h3-5,8H,6-7,14H2,1-2H3,(H2,15,17). The molecule has 0 aliphatic heterocycles. The molecule has 0 saturated carbocycles. The molecule has 0 aliphatic carbocycles. The summed E-state index contributed by atoms with van der Waals surface area (Å²) < 4.78 is 13.8. The number of nitrogens with two attached hydrogens (primary N) is 2. The van der Waals surface area contributed by atoms with Gasteiger partial charge in [0.05, 0.1) is 12.2 Å². The summed E-state index contributed by atoms with van der Waals surface area (Å²) in [6, 6.07) is 4.74. The summed E-state index contributed by atoms with van der Waals surface area (Å²) in [7, 11) is 0. The predicted molar refractivity (Wildman–Crippen MR) is 66.0 cm³/mol. The van der Waals surface area contributed by atoms with Gasteiger partial charge in [0.15, 0.2) is 0 Å². The maximum Gasteiger partial charge on any atom is 0.236 e. The van der Waals surface area contributed by atoms with Crippen LogP contribution in [-0.2, 0) is 11.3 Å². The molecule has 0 atom stereocenters. The van der Waals surface area contributed by atoms with Crippen molar-refractivity contribution < 1.29 is 9.18 Å². The highest BCUT2D eigenvalue weighted by Crippen LogP contribution is 2.22. The van der Waals surface area contributed by atoms with E-state index in [1.165, 1.54) is 6.07 Å². The number of nitrogens with zero attached hydrogens (tertiary/aromatic N) is 1. The van der Waals surface area contributed by atoms with Crippen LogP contribution in [0.25, 0.3) is 0 Å². The quantitative estimate of drug-likeness (QED) is 0.804. The van der Waals surface area contributed by atoms with Gasteiger partial charge in [0.1, 0.15) is 5.82 Å². The molecule has 0 saturated heterocycles. The summed E-state index contributed by atoms with van der Waals surface area (Å²) in [5.74, 6) is -0.871. The number of halogens is 1. The molecule has 0 aliphatic rings. The average Bonchev–Trinajstić information content (AvgIpc) is 2.25. The van der Waals surface area contributed by atoms with Crippen LogP contribution in [0.15, 0.2) is 18.2 Å². The maximum atomic E-state index is 13.8. The van der Waals surface area contributed by atoms with Crippen molar-refractivity contribution in [3.05, 3.63) is 29.6 Å². The summed E-state index contributed by atoms with van der Waals surface area (Å²) in [4.78, 5) is 12.6. The molecule has 94 valence electrons. The van der Waals surface area contributed by atoms with Gasteiger partial charge < -0.3 is 16.4 Å². The lowest BCUT2D eigenvalue weighted by Crippen LogP contribution is -2.39. The zero-order valence-electron chi connectivity index (χ0n) is 10.1. The monoisotopic (exact) mass is 239 g/mol. The Balaban J connectivity index is 3.06. The van der Waals surface area contributed by atoms with Crippen molar-refractivity contribution in [1.82, 2.24) is 0 Å². The molecule has 0 fully saturated rings. The number of hydrogen-bond donors (Lipinski definition) is 2. The molecule has 0 unspecified atom stereocenters. The van der Waals surface area contributed by atoms with Crippen molar-refractivity contribution in [1.29, 1.82) is 0 Å². The van der Waals surface area contributed by atoms with Crippen LogP contribution in [-0.4, -0.2) is 18.5 Å². The van der Waals surface area contributed by atoms with Gasteiger partial charge in [-0.25, -0.2) is 4.39 Å². The molecular weight excluding hydrogens is 221 g/mol. The van der Waals surface area contributed by atoms with Crippen molar-refractivity contribution >= 4 is 11.6 Å². The molecule has 0 spiro atoms. The van der Waals surface area contributed by atoms with E-state index in [0.717, 1.165) is 0 Å². The van der Waals surface area contributed by atoms with Crippen molar-refractivity contribution in [2.75, 3.05) is 11.4 Å². The number of carbonyl (C=O) groups excluding carboxylic acids is 1. The number of rotatable bonds is 5. The molecule has 17 heavy (non-hydrogen) atoms. The largest absolute Gasteiger partial charge is 0.368 e. The second-order valence-corrected chi connectivity index (χ2v) is 4.18. The number of anilines is 1. The Morgan fingerprint density at radius 1 is 1.47 bits per heavy atom. The van der Waals surface area contributed by atoms with Crippen LogP contribution in [0.1, 0.15) is 19.4 Å². The normalized spacial score (nSPS) is 10.6. The van der Waals surface area contributed by atoms with E-state index in [-0.39, 0.29) is 24.9 Å². The Morgan fingerprint density at radius 2 is 2.12 bits per heavy atom. The van der Waals surface area contributed by atoms with E-state index in [1.807, 2.05) is 13.8 Å². The molecular formula is C12H18FN3O. The summed E-state index contributed by atoms with van der Waals surface area (Å²) in [6.45, 7) is 4.03. The summed E-state index contributed by atoms with van der Waals surface area (Å²) >= 11 is 0. The lowest BCUT2D eigenvalue weighted by molar-refractivity contribution is -0.116. The van der Waals surface area contributed by atoms with Crippen molar-refractivity contribution in [2.24, 2.45) is 11.5 Å². The lowest BCUT2D eigenvalue weighted by Gasteiger charge is -2.28. The van der Waals surface area contributed by atoms with E-state index in [1.54, 1.807) is 17.0 Å². The third kappa shape index (κ3) is 3.42. The second kappa shape index (κ2) is 5.63. The van der Waals surface area contributed by atoms with Gasteiger partial charge in [-0.1, -0.05) is 6.07 Å². The first-order valence-corrected chi connectivity index (χ1v) is 5.49. The molecule has 0 aromatic heterocycles. The fourth-order valence-electron chi connectivity index (χ4n) is 1.62. The van der Waals surface area contributed by atoms with E-state index in [0.29, 0.717) is 11.3 Å². The first kappa shape index (κ1) is 13.4. The van der Waals surface area contributed by atoms with Crippen LogP contribution in [0.4, 0.5) is 10.1 Å². The number of carbonyl (C=O) groups is 1. The number of hydrogen-bond acceptors (Lipinski definition) is 3. The molecule has 1 rings (SSSR count). The molecule has 5 heteroatoms. The minimum Gasteiger partial charge on any atom is -0.368 e. The van der Waals surface area contributed by atoms with E-state index >= 15 is 0 Å². The summed E-state index contributed by atoms with van der Waals surface area (Å²) in [5, 5.41) is 0. The topological polar surface area (TPSA) is 72.3 Å². The Labute approximate surface area is 100 Å². The van der Waals surface area contributed by atoms with Gasteiger partial charge in [0.25, 0.3) is 0 Å². The van der Waals surface area contributed by atoms with Gasteiger partial charge in [-0.2, -0.15) is 0 Å². The van der Waals surface area contributed by atoms with Gasteiger partial charge in [0.2, 0.25) is 5.91 Å². The van der Waals surface area contributed by atoms with Crippen LogP contribution in [0.2, 0.25) is 0 Å². The Hall–Kier alpha value is -1.62. The Bertz CT molecular complexity index is 407. The smallest absolute Gasteiger partial charge is 0.236 e. The molecule has 0 bridgehead atoms. The highest BCUT2D eigenvalue weighted by atomic mass is 19.1. The predicted octanol–water partition coefficient (Wildman–Crippen LogP) is 0.984. The highest BCUT2D eigenvalue weighted by Gasteiger charge is 2.16. The van der Waals surface area contributed by atoms with Gasteiger partial charge in [-0.3, -0.25) is 4.79 Å². The van der Waals surface area contributed by atoms with E-state index in [2.05, 4.69) is 0 Å². The van der Waals surface area contributed by atoms with Crippen molar-refractivity contribution in [3.63, 3.8) is 0 Å². The van der Waals surface area contributed by atoms with Crippen molar-refractivity contribution in [2.45, 2.75) is 26.4 Å². The van der Waals surface area contributed by atoms with Crippen LogP contribution < -0.4 is 16.4 Å². The van der Waals surface area contributed by atoms with Crippen LogP contribution >= 0.6 is 0 Å². The molecule has 1 aromatic rings. The van der Waals surface area contributed by atoms with Gasteiger partial charge in [-0.15, -0.1) is 0 Å². The van der Waals surface area contributed by atoms with E-state index in [9.17, 15) is 9.18 Å². The fraction of sp³-hybridized carbons (Fsp3) is 0.417. The van der Waals surface area contributed by atoms with E-state index < -0.39 is 5.91 Å². The highest BCUT2D eigenvalue weighted by molar-refractivity contribution is 5.79. The third-order valence-corrected chi connectivity index (χ3v) is 2.51. The van der Waals surface area contributed by atoms with Crippen LogP contribution in [0.5, 0.6) is 0 Å². The first-order valence-electron chi connectivity index (χ1n) is 5.49. The Morgan fingerprint density at radius 3 is 2.53 bits per heavy atom. The maximum absolute atomic E-state index is 13.8. The summed E-state index contributed by atoms with van der Waals surface area (Å²) in [5.41, 5.74) is 11.7. The van der Waals surface area contributed by atoms with Gasteiger partial charge in [-0.05, 0) is 31.5 Å². The third-order valence-electron chi connectivity index (χ3n) is 2.51. The van der Waals surface area contributed by atoms with E-state index in [4.69, 9.17) is 11.5 Å². The lowest BCUT2D eigenvalue weighted by atomic mass is 10.1. The number of amides is 1. The zero-order valence-corrected chi connectivity index (χ0v) is 10.1.